The third-order valence-electron chi connectivity index (χ3n) is 12.5. The lowest BCUT2D eigenvalue weighted by Crippen LogP contribution is -2.61. The third-order valence-corrected chi connectivity index (χ3v) is 12.5. The van der Waals surface area contributed by atoms with Crippen molar-refractivity contribution in [1.82, 2.24) is 0 Å². The molecular formula is C37H47F9O6. The molecule has 3 aliphatic carbocycles. The van der Waals surface area contributed by atoms with Crippen LogP contribution < -0.4 is 0 Å². The third kappa shape index (κ3) is 7.53. The molecule has 0 saturated heterocycles. The minimum atomic E-state index is -7.15. The first-order chi connectivity index (χ1) is 23.9. The lowest BCUT2D eigenvalue weighted by Gasteiger charge is -2.52. The topological polar surface area (TPSA) is 115 Å². The summed E-state index contributed by atoms with van der Waals surface area (Å²) in [5, 5.41) is 40.1. The van der Waals surface area contributed by atoms with Crippen LogP contribution in [0.1, 0.15) is 114 Å². The van der Waals surface area contributed by atoms with Gasteiger partial charge in [-0.1, -0.05) is 64.5 Å². The van der Waals surface area contributed by atoms with Crippen LogP contribution in [0.2, 0.25) is 0 Å². The highest BCUT2D eigenvalue weighted by molar-refractivity contribution is 5.98. The molecule has 0 aromatic heterocycles. The van der Waals surface area contributed by atoms with Crippen molar-refractivity contribution in [3.8, 4) is 5.75 Å². The largest absolute Gasteiger partial charge is 0.508 e. The Morgan fingerprint density at radius 3 is 2.00 bits per heavy atom. The second-order valence-corrected chi connectivity index (χ2v) is 15.4. The molecule has 6 nitrogen and oxygen atoms in total. The fraction of sp³-hybridized carbons (Fsp3) is 0.730. The maximum Gasteiger partial charge on any atom is 0.460 e. The molecule has 1 aromatic rings. The lowest BCUT2D eigenvalue weighted by molar-refractivity contribution is -0.397. The molecule has 4 rings (SSSR count). The Hall–Kier alpha value is -2.97. The molecule has 6 atom stereocenters. The van der Waals surface area contributed by atoms with Crippen LogP contribution in [0.4, 0.5) is 39.5 Å². The molecule has 2 saturated carbocycles. The maximum absolute atomic E-state index is 14.1. The van der Waals surface area contributed by atoms with E-state index in [0.717, 1.165) is 56.1 Å². The van der Waals surface area contributed by atoms with Gasteiger partial charge in [0.2, 0.25) is 0 Å². The van der Waals surface area contributed by atoms with Crippen LogP contribution in [0.25, 0.3) is 0 Å². The summed E-state index contributed by atoms with van der Waals surface area (Å²) in [6, 6.07) is 5.58. The summed E-state index contributed by atoms with van der Waals surface area (Å²) >= 11 is 0. The number of halogens is 9. The summed E-state index contributed by atoms with van der Waals surface area (Å²) < 4.78 is 120. The minimum absolute atomic E-state index is 0.139. The van der Waals surface area contributed by atoms with Gasteiger partial charge in [0, 0.05) is 6.42 Å². The quantitative estimate of drug-likeness (QED) is 0.0545. The molecule has 0 spiro atoms. The van der Waals surface area contributed by atoms with Crippen molar-refractivity contribution in [3.05, 3.63) is 41.5 Å². The minimum Gasteiger partial charge on any atom is -0.508 e. The predicted octanol–water partition coefficient (Wildman–Crippen LogP) is 9.92. The Morgan fingerprint density at radius 2 is 1.42 bits per heavy atom. The van der Waals surface area contributed by atoms with E-state index in [2.05, 4.69) is 13.5 Å². The van der Waals surface area contributed by atoms with E-state index in [9.17, 15) is 69.5 Å². The van der Waals surface area contributed by atoms with Gasteiger partial charge in [-0.15, -0.1) is 0 Å². The first-order valence-corrected chi connectivity index (χ1v) is 17.8. The monoisotopic (exact) mass is 758 g/mol. The molecule has 294 valence electrons. The normalized spacial score (nSPS) is 26.8. The van der Waals surface area contributed by atoms with E-state index in [1.54, 1.807) is 6.07 Å². The molecule has 0 aliphatic heterocycles. The van der Waals surface area contributed by atoms with E-state index in [-0.39, 0.29) is 29.9 Å². The van der Waals surface area contributed by atoms with Crippen molar-refractivity contribution < 1.29 is 69.5 Å². The van der Waals surface area contributed by atoms with Gasteiger partial charge < -0.3 is 20.4 Å². The number of unbranched alkanes of at least 4 members (excludes halogenated alkanes) is 6. The van der Waals surface area contributed by atoms with Gasteiger partial charge in [0.1, 0.15) is 5.75 Å². The molecule has 1 aromatic carbocycles. The van der Waals surface area contributed by atoms with Crippen molar-refractivity contribution in [2.24, 2.45) is 28.6 Å². The SMILES string of the molecule is C=C1[C@H](O)CC2C3C(CCCCCCCCCC(CCC(F)(F)C(F)(F)C(F)(F)C(F)(F)F)(C(=O)O)C(=O)O)Cc4cc(O)ccc4C3CC[C@]12C. The number of alkyl halides is 9. The van der Waals surface area contributed by atoms with Gasteiger partial charge in [0.15, 0.2) is 5.41 Å². The number of rotatable bonds is 17. The lowest BCUT2D eigenvalue weighted by atomic mass is 9.52. The Bertz CT molecular complexity index is 1460. The number of hydrogen-bond acceptors (Lipinski definition) is 4. The van der Waals surface area contributed by atoms with Crippen LogP contribution in [0.3, 0.4) is 0 Å². The number of phenolic OH excluding ortho intramolecular Hbond substituents is 1. The highest BCUT2D eigenvalue weighted by Crippen LogP contribution is 2.64. The van der Waals surface area contributed by atoms with Crippen LogP contribution in [-0.4, -0.2) is 62.4 Å². The molecule has 2 fully saturated rings. The smallest absolute Gasteiger partial charge is 0.460 e. The molecule has 0 heterocycles. The van der Waals surface area contributed by atoms with E-state index >= 15 is 0 Å². The number of phenols is 1. The van der Waals surface area contributed by atoms with Crippen LogP contribution in [-0.2, 0) is 16.0 Å². The second kappa shape index (κ2) is 15.0. The van der Waals surface area contributed by atoms with Gasteiger partial charge in [0.05, 0.1) is 6.10 Å². The highest BCUT2D eigenvalue weighted by Gasteiger charge is 2.81. The summed E-state index contributed by atoms with van der Waals surface area (Å²) in [7, 11) is 0. The van der Waals surface area contributed by atoms with Crippen molar-refractivity contribution in [2.45, 2.75) is 139 Å². The van der Waals surface area contributed by atoms with Crippen LogP contribution in [0.5, 0.6) is 5.75 Å². The molecule has 0 bridgehead atoms. The van der Waals surface area contributed by atoms with Gasteiger partial charge in [-0.25, -0.2) is 0 Å². The Kier molecular flexibility index (Phi) is 12.1. The molecule has 0 radical (unpaired) electrons. The number of aliphatic carboxylic acids is 2. The standard InChI is InChI=1S/C37H47F9O6/c1-21-28(48)20-27-29-22(18-23-19-24(47)11-12-25(23)26(29)13-15-32(21,27)2)10-8-6-4-3-5-7-9-14-33(30(49)50,31(51)52)16-17-34(38,39)35(40,41)36(42,43)37(44,45)46/h11-12,19,22,26-29,47-48H,1,3-10,13-18,20H2,2H3,(H,49,50)(H,51,52)/t22?,26?,27?,28-,29?,32-/m1/s1. The van der Waals surface area contributed by atoms with Crippen molar-refractivity contribution >= 4 is 11.9 Å². The van der Waals surface area contributed by atoms with Gasteiger partial charge >= 0.3 is 35.9 Å². The van der Waals surface area contributed by atoms with E-state index < -0.39 is 66.7 Å². The highest BCUT2D eigenvalue weighted by atomic mass is 19.4. The van der Waals surface area contributed by atoms with Gasteiger partial charge in [-0.05, 0) is 103 Å². The number of carboxylic acid groups (broad SMARTS) is 2. The number of aliphatic hydroxyl groups is 1. The molecule has 3 aliphatic rings. The first-order valence-electron chi connectivity index (χ1n) is 17.8. The van der Waals surface area contributed by atoms with Gasteiger partial charge in [-0.3, -0.25) is 9.59 Å². The number of aromatic hydroxyl groups is 1. The summed E-state index contributed by atoms with van der Waals surface area (Å²) in [6.07, 6.45) is -4.69. The molecule has 4 unspecified atom stereocenters. The Labute approximate surface area is 296 Å². The van der Waals surface area contributed by atoms with E-state index in [4.69, 9.17) is 0 Å². The molecule has 4 N–H and O–H groups in total. The molecule has 15 heteroatoms. The summed E-state index contributed by atoms with van der Waals surface area (Å²) in [5.74, 6) is -23.1. The van der Waals surface area contributed by atoms with Gasteiger partial charge in [-0.2, -0.15) is 39.5 Å². The van der Waals surface area contributed by atoms with E-state index in [1.807, 2.05) is 12.1 Å². The maximum atomic E-state index is 14.1. The number of carbonyl (C=O) groups is 2. The summed E-state index contributed by atoms with van der Waals surface area (Å²) in [6.45, 7) is 6.45. The zero-order valence-electron chi connectivity index (χ0n) is 28.9. The van der Waals surface area contributed by atoms with Crippen molar-refractivity contribution in [1.29, 1.82) is 0 Å². The Morgan fingerprint density at radius 1 is 0.846 bits per heavy atom. The number of hydrogen-bond donors (Lipinski definition) is 4. The van der Waals surface area contributed by atoms with Crippen LogP contribution in [0, 0.1) is 28.6 Å². The second-order valence-electron chi connectivity index (χ2n) is 15.4. The van der Waals surface area contributed by atoms with Crippen LogP contribution >= 0.6 is 0 Å². The van der Waals surface area contributed by atoms with Gasteiger partial charge in [0.25, 0.3) is 0 Å². The fourth-order valence-electron chi connectivity index (χ4n) is 9.28. The molecular weight excluding hydrogens is 711 g/mol. The average Bonchev–Trinajstić information content (AvgIpc) is 3.27. The zero-order valence-corrected chi connectivity index (χ0v) is 28.9. The van der Waals surface area contributed by atoms with Crippen LogP contribution in [0.15, 0.2) is 30.4 Å². The molecule has 0 amide bonds. The summed E-state index contributed by atoms with van der Waals surface area (Å²) in [4.78, 5) is 23.7. The fourth-order valence-corrected chi connectivity index (χ4v) is 9.28. The first kappa shape index (κ1) is 41.8. The number of aliphatic hydroxyl groups excluding tert-OH is 1. The molecule has 52 heavy (non-hydrogen) atoms. The zero-order chi connectivity index (χ0) is 39.1. The number of carboxylic acids is 2. The predicted molar refractivity (Wildman–Crippen MR) is 172 cm³/mol. The number of fused-ring (bicyclic) bond motifs is 5. The average molecular weight is 759 g/mol. The summed E-state index contributed by atoms with van der Waals surface area (Å²) in [5.41, 5.74) is 0.0670. The van der Waals surface area contributed by atoms with Crippen molar-refractivity contribution in [3.63, 3.8) is 0 Å². The number of benzene rings is 1. The Balaban J connectivity index is 1.28. The van der Waals surface area contributed by atoms with E-state index in [0.29, 0.717) is 37.0 Å². The van der Waals surface area contributed by atoms with Crippen molar-refractivity contribution in [2.75, 3.05) is 0 Å². The van der Waals surface area contributed by atoms with E-state index in [1.165, 1.54) is 5.56 Å².